The van der Waals surface area contributed by atoms with Crippen molar-refractivity contribution in [3.63, 3.8) is 0 Å². The van der Waals surface area contributed by atoms with Crippen LogP contribution < -0.4 is 20.1 Å². The van der Waals surface area contributed by atoms with Gasteiger partial charge in [-0.25, -0.2) is 9.98 Å². The summed E-state index contributed by atoms with van der Waals surface area (Å²) in [6, 6.07) is 11.2. The normalized spacial score (nSPS) is 11.4. The molecule has 1 heterocycles. The highest BCUT2D eigenvalue weighted by Gasteiger charge is 2.16. The van der Waals surface area contributed by atoms with Gasteiger partial charge >= 0.3 is 0 Å². The number of benzene rings is 1. The topological polar surface area (TPSA) is 67.8 Å². The van der Waals surface area contributed by atoms with Crippen LogP contribution in [0.15, 0.2) is 47.6 Å². The SMILES string of the molecule is CCNC(=NCc1ccc(Oc2ccc(OC)cc2)nc1)NCC(C)(C)SC.I. The van der Waals surface area contributed by atoms with E-state index in [-0.39, 0.29) is 28.7 Å². The summed E-state index contributed by atoms with van der Waals surface area (Å²) in [7, 11) is 1.64. The maximum Gasteiger partial charge on any atom is 0.219 e. The zero-order chi connectivity index (χ0) is 20.4. The van der Waals surface area contributed by atoms with Crippen molar-refractivity contribution in [3.8, 4) is 17.4 Å². The van der Waals surface area contributed by atoms with Crippen LogP contribution in [-0.4, -0.2) is 42.1 Å². The first-order valence-electron chi connectivity index (χ1n) is 9.30. The van der Waals surface area contributed by atoms with Gasteiger partial charge in [-0.05, 0) is 56.9 Å². The molecule has 0 spiro atoms. The largest absolute Gasteiger partial charge is 0.497 e. The molecule has 2 N–H and O–H groups in total. The maximum atomic E-state index is 5.76. The molecule has 0 atom stereocenters. The number of hydrogen-bond donors (Lipinski definition) is 2. The average Bonchev–Trinajstić information content (AvgIpc) is 2.72. The molecule has 6 nitrogen and oxygen atoms in total. The van der Waals surface area contributed by atoms with Crippen molar-refractivity contribution in [3.05, 3.63) is 48.2 Å². The van der Waals surface area contributed by atoms with Crippen LogP contribution in [0.3, 0.4) is 0 Å². The summed E-state index contributed by atoms with van der Waals surface area (Å²) < 4.78 is 11.1. The van der Waals surface area contributed by atoms with Gasteiger partial charge in [0.05, 0.1) is 13.7 Å². The Hall–Kier alpha value is -1.68. The fourth-order valence-corrected chi connectivity index (χ4v) is 2.43. The second kappa shape index (κ2) is 12.8. The molecule has 0 bridgehead atoms. The van der Waals surface area contributed by atoms with Crippen molar-refractivity contribution < 1.29 is 9.47 Å². The highest BCUT2D eigenvalue weighted by atomic mass is 127. The van der Waals surface area contributed by atoms with Gasteiger partial charge in [0.25, 0.3) is 0 Å². The fourth-order valence-electron chi connectivity index (χ4n) is 2.21. The molecule has 2 aromatic rings. The van der Waals surface area contributed by atoms with Crippen LogP contribution in [0.1, 0.15) is 26.3 Å². The van der Waals surface area contributed by atoms with Crippen molar-refractivity contribution in [1.82, 2.24) is 15.6 Å². The first kappa shape index (κ1) is 25.4. The molecule has 0 saturated heterocycles. The molecule has 1 aromatic heterocycles. The zero-order valence-electron chi connectivity index (χ0n) is 17.7. The Balaban J connectivity index is 0.00000420. The van der Waals surface area contributed by atoms with Gasteiger partial charge in [-0.1, -0.05) is 6.07 Å². The third kappa shape index (κ3) is 9.12. The fraction of sp³-hybridized carbons (Fsp3) is 0.429. The molecule has 0 fully saturated rings. The third-order valence-corrected chi connectivity index (χ3v) is 5.33. The quantitative estimate of drug-likeness (QED) is 0.279. The van der Waals surface area contributed by atoms with Crippen LogP contribution in [0.4, 0.5) is 0 Å². The van der Waals surface area contributed by atoms with Gasteiger partial charge in [0.15, 0.2) is 5.96 Å². The predicted molar refractivity (Wildman–Crippen MR) is 133 cm³/mol. The van der Waals surface area contributed by atoms with E-state index in [1.165, 1.54) is 0 Å². The van der Waals surface area contributed by atoms with Crippen molar-refractivity contribution in [2.45, 2.75) is 32.1 Å². The molecule has 29 heavy (non-hydrogen) atoms. The first-order chi connectivity index (χ1) is 13.5. The summed E-state index contributed by atoms with van der Waals surface area (Å²) in [6.45, 7) is 8.68. The highest BCUT2D eigenvalue weighted by molar-refractivity contribution is 14.0. The molecule has 2 rings (SSSR count). The lowest BCUT2D eigenvalue weighted by atomic mass is 10.2. The number of aliphatic imine (C=N–C) groups is 1. The number of halogens is 1. The average molecular weight is 530 g/mol. The molecule has 0 unspecified atom stereocenters. The molecular formula is C21H31IN4O2S. The summed E-state index contributed by atoms with van der Waals surface area (Å²) in [4.78, 5) is 9.02. The van der Waals surface area contributed by atoms with Crippen LogP contribution in [0.25, 0.3) is 0 Å². The number of guanidine groups is 1. The van der Waals surface area contributed by atoms with Gasteiger partial charge in [0.2, 0.25) is 5.88 Å². The van der Waals surface area contributed by atoms with E-state index < -0.39 is 0 Å². The van der Waals surface area contributed by atoms with E-state index in [0.29, 0.717) is 18.2 Å². The second-order valence-electron chi connectivity index (χ2n) is 6.79. The van der Waals surface area contributed by atoms with Gasteiger partial charge in [0, 0.05) is 30.1 Å². The Morgan fingerprint density at radius 3 is 2.34 bits per heavy atom. The van der Waals surface area contributed by atoms with Crippen LogP contribution in [-0.2, 0) is 6.54 Å². The van der Waals surface area contributed by atoms with E-state index in [1.807, 2.05) is 48.2 Å². The number of hydrogen-bond acceptors (Lipinski definition) is 5. The highest BCUT2D eigenvalue weighted by Crippen LogP contribution is 2.22. The molecule has 0 amide bonds. The lowest BCUT2D eigenvalue weighted by molar-refractivity contribution is 0.412. The Morgan fingerprint density at radius 1 is 1.10 bits per heavy atom. The van der Waals surface area contributed by atoms with Crippen LogP contribution >= 0.6 is 35.7 Å². The third-order valence-electron chi connectivity index (χ3n) is 4.08. The number of methoxy groups -OCH3 is 1. The molecule has 1 aromatic carbocycles. The number of nitrogens with zero attached hydrogens (tertiary/aromatic N) is 2. The van der Waals surface area contributed by atoms with Crippen LogP contribution in [0, 0.1) is 0 Å². The van der Waals surface area contributed by atoms with E-state index in [4.69, 9.17) is 9.47 Å². The van der Waals surface area contributed by atoms with Gasteiger partial charge in [0.1, 0.15) is 11.5 Å². The summed E-state index contributed by atoms with van der Waals surface area (Å²) in [5, 5.41) is 6.68. The standard InChI is InChI=1S/C21H30N4O2S.HI/c1-6-22-20(25-15-21(2,3)28-5)24-14-16-7-12-19(23-13-16)27-18-10-8-17(26-4)9-11-18;/h7-13H,6,14-15H2,1-5H3,(H2,22,24,25);1H. The van der Waals surface area contributed by atoms with E-state index in [2.05, 4.69) is 47.6 Å². The van der Waals surface area contributed by atoms with E-state index in [0.717, 1.165) is 30.4 Å². The van der Waals surface area contributed by atoms with Crippen LogP contribution in [0.5, 0.6) is 17.4 Å². The minimum atomic E-state index is 0. The van der Waals surface area contributed by atoms with Crippen molar-refractivity contribution in [2.24, 2.45) is 4.99 Å². The smallest absolute Gasteiger partial charge is 0.219 e. The number of thioether (sulfide) groups is 1. The molecular weight excluding hydrogens is 499 g/mol. The Morgan fingerprint density at radius 2 is 1.79 bits per heavy atom. The zero-order valence-corrected chi connectivity index (χ0v) is 20.8. The number of ether oxygens (including phenoxy) is 2. The van der Waals surface area contributed by atoms with E-state index >= 15 is 0 Å². The van der Waals surface area contributed by atoms with E-state index in [9.17, 15) is 0 Å². The summed E-state index contributed by atoms with van der Waals surface area (Å²) in [5.74, 6) is 2.86. The lowest BCUT2D eigenvalue weighted by Gasteiger charge is -2.23. The molecule has 0 saturated carbocycles. The lowest BCUT2D eigenvalue weighted by Crippen LogP contribution is -2.43. The van der Waals surface area contributed by atoms with Crippen molar-refractivity contribution in [2.75, 3.05) is 26.5 Å². The maximum absolute atomic E-state index is 5.76. The summed E-state index contributed by atoms with van der Waals surface area (Å²) >= 11 is 1.83. The van der Waals surface area contributed by atoms with Crippen molar-refractivity contribution in [1.29, 1.82) is 0 Å². The number of pyridine rings is 1. The molecule has 0 aliphatic carbocycles. The Kier molecular flexibility index (Phi) is 11.2. The first-order valence-corrected chi connectivity index (χ1v) is 10.5. The molecule has 0 aliphatic heterocycles. The number of nitrogens with one attached hydrogen (secondary N) is 2. The second-order valence-corrected chi connectivity index (χ2v) is 8.31. The summed E-state index contributed by atoms with van der Waals surface area (Å²) in [5.41, 5.74) is 1.02. The monoisotopic (exact) mass is 530 g/mol. The van der Waals surface area contributed by atoms with Gasteiger partial charge in [-0.2, -0.15) is 11.8 Å². The molecule has 8 heteroatoms. The number of rotatable bonds is 9. The molecule has 0 radical (unpaired) electrons. The molecule has 0 aliphatic rings. The van der Waals surface area contributed by atoms with Crippen LogP contribution in [0.2, 0.25) is 0 Å². The Bertz CT molecular complexity index is 752. The Labute approximate surface area is 195 Å². The minimum absolute atomic E-state index is 0. The van der Waals surface area contributed by atoms with Gasteiger partial charge < -0.3 is 20.1 Å². The number of aromatic nitrogens is 1. The van der Waals surface area contributed by atoms with Crippen molar-refractivity contribution >= 4 is 41.7 Å². The minimum Gasteiger partial charge on any atom is -0.497 e. The van der Waals surface area contributed by atoms with Gasteiger partial charge in [-0.3, -0.25) is 0 Å². The van der Waals surface area contributed by atoms with Gasteiger partial charge in [-0.15, -0.1) is 24.0 Å². The molecule has 160 valence electrons. The summed E-state index contributed by atoms with van der Waals surface area (Å²) in [6.07, 6.45) is 3.91. The predicted octanol–water partition coefficient (Wildman–Crippen LogP) is 4.70. The van der Waals surface area contributed by atoms with E-state index in [1.54, 1.807) is 13.3 Å².